The van der Waals surface area contributed by atoms with Crippen LogP contribution in [-0.2, 0) is 36.8 Å². The number of carbonyl (C=O) groups is 1. The number of ether oxygens (including phenoxy) is 2. The number of carboxylic acid groups (broad SMARTS) is 1. The molecule has 1 saturated carbocycles. The molecule has 0 radical (unpaired) electrons. The molecule has 3 N–H and O–H groups in total. The number of aromatic nitrogens is 3. The topological polar surface area (TPSA) is 127 Å². The lowest BCUT2D eigenvalue weighted by atomic mass is 9.72. The van der Waals surface area contributed by atoms with E-state index in [9.17, 15) is 28.2 Å². The molecule has 2 heterocycles. The minimum absolute atomic E-state index is 0.000625. The zero-order valence-corrected chi connectivity index (χ0v) is 30.9. The highest BCUT2D eigenvalue weighted by atomic mass is 35.5. The first-order valence-corrected chi connectivity index (χ1v) is 18.2. The van der Waals surface area contributed by atoms with Crippen LogP contribution in [0.25, 0.3) is 22.4 Å². The van der Waals surface area contributed by atoms with Gasteiger partial charge in [0.2, 0.25) is 11.8 Å². The van der Waals surface area contributed by atoms with Crippen molar-refractivity contribution in [1.82, 2.24) is 20.3 Å². The summed E-state index contributed by atoms with van der Waals surface area (Å²) in [5.74, 6) is -1.16. The number of benzene rings is 2. The zero-order valence-electron chi connectivity index (χ0n) is 30.2. The van der Waals surface area contributed by atoms with Crippen LogP contribution in [0, 0.1) is 11.8 Å². The number of aliphatic hydroxyl groups is 1. The van der Waals surface area contributed by atoms with Crippen LogP contribution in [0.2, 0.25) is 5.02 Å². The average molecular weight is 753 g/mol. The smallest absolute Gasteiger partial charge is 0.435 e. The third-order valence-corrected chi connectivity index (χ3v) is 10.8. The summed E-state index contributed by atoms with van der Waals surface area (Å²) in [4.78, 5) is 24.4. The van der Waals surface area contributed by atoms with E-state index in [0.717, 1.165) is 52.8 Å². The van der Waals surface area contributed by atoms with Gasteiger partial charge in [-0.2, -0.15) is 13.2 Å². The number of fused-ring (bicyclic) bond motifs is 1. The number of alkyl halides is 3. The maximum Gasteiger partial charge on any atom is 0.435 e. The Labute approximate surface area is 312 Å². The quantitative estimate of drug-likeness (QED) is 0.117. The van der Waals surface area contributed by atoms with Crippen molar-refractivity contribution in [2.45, 2.75) is 83.0 Å². The molecular formula is C40H44ClF3N4O5. The summed E-state index contributed by atoms with van der Waals surface area (Å²) >= 11 is 7.12. The van der Waals surface area contributed by atoms with Gasteiger partial charge in [-0.05, 0) is 93.0 Å². The molecule has 0 unspecified atom stereocenters. The van der Waals surface area contributed by atoms with Crippen molar-refractivity contribution in [1.29, 1.82) is 0 Å². The Bertz CT molecular complexity index is 1980. The second-order valence-electron chi connectivity index (χ2n) is 14.5. The van der Waals surface area contributed by atoms with Crippen molar-refractivity contribution in [2.24, 2.45) is 11.8 Å². The Hall–Kier alpha value is -4.26. The first-order valence-electron chi connectivity index (χ1n) is 17.8. The number of carboxylic acids is 1. The summed E-state index contributed by atoms with van der Waals surface area (Å²) in [7, 11) is 2.90. The maximum absolute atomic E-state index is 14.4. The fraction of sp³-hybridized carbons (Fsp3) is 0.450. The molecule has 0 amide bonds. The summed E-state index contributed by atoms with van der Waals surface area (Å²) < 4.78 is 54.2. The van der Waals surface area contributed by atoms with Gasteiger partial charge in [0.05, 0.1) is 42.1 Å². The Kier molecular flexibility index (Phi) is 11.3. The predicted molar refractivity (Wildman–Crippen MR) is 195 cm³/mol. The van der Waals surface area contributed by atoms with Gasteiger partial charge in [0.1, 0.15) is 5.69 Å². The number of nitrogens with zero attached hydrogens (tertiary/aromatic N) is 3. The normalized spacial score (nSPS) is 20.1. The van der Waals surface area contributed by atoms with E-state index in [1.807, 2.05) is 55.5 Å². The van der Waals surface area contributed by atoms with E-state index < -0.39 is 29.4 Å². The number of aryl methyl sites for hydroxylation is 1. The van der Waals surface area contributed by atoms with Crippen molar-refractivity contribution in [3.63, 3.8) is 0 Å². The van der Waals surface area contributed by atoms with Gasteiger partial charge in [0.15, 0.2) is 5.69 Å². The van der Waals surface area contributed by atoms with Gasteiger partial charge in [-0.1, -0.05) is 61.0 Å². The van der Waals surface area contributed by atoms with E-state index in [4.69, 9.17) is 26.1 Å². The van der Waals surface area contributed by atoms with E-state index in [-0.39, 0.29) is 42.4 Å². The largest absolute Gasteiger partial charge is 0.481 e. The summed E-state index contributed by atoms with van der Waals surface area (Å²) in [6, 6.07) is 15.4. The highest BCUT2D eigenvalue weighted by molar-refractivity contribution is 6.36. The third-order valence-electron chi connectivity index (χ3n) is 10.4. The molecule has 282 valence electrons. The second-order valence-corrected chi connectivity index (χ2v) is 14.9. The van der Waals surface area contributed by atoms with Crippen LogP contribution in [-0.4, -0.2) is 57.5 Å². The molecule has 13 heteroatoms. The lowest BCUT2D eigenvalue weighted by Gasteiger charge is -2.41. The SMILES string of the molecule is COc1nc(-c2cccc(-c3cccc4c3CC[C@@H]4Cc3nc(OC)c(CC[C@@H](C)C(=O)O)nc3C(F)(F)F)c2Cl)ccc1CNCC1CC(C)(O)C1. The van der Waals surface area contributed by atoms with E-state index in [1.165, 1.54) is 14.0 Å². The number of rotatable bonds is 14. The fourth-order valence-corrected chi connectivity index (χ4v) is 8.03. The van der Waals surface area contributed by atoms with Crippen molar-refractivity contribution < 1.29 is 37.7 Å². The number of nitrogens with one attached hydrogen (secondary N) is 1. The standard InChI is InChI=1S/C40H44ClF3N4O5/c1-22(38(49)50)11-15-32-37(53-4)48-33(35(46-32)40(42,43)44)17-24-12-14-28-26(24)7-5-8-27(28)29-9-6-10-30(34(29)41)31-16-13-25(36(47-31)52-3)21-45-20-23-18-39(2,51)19-23/h5-10,13,16,22-24,45,51H,11-12,14-15,17-21H2,1-4H3,(H,49,50)/t22-,23?,24-,39?/m1/s1. The Morgan fingerprint density at radius 3 is 2.38 bits per heavy atom. The van der Waals surface area contributed by atoms with Crippen LogP contribution in [0.5, 0.6) is 11.8 Å². The number of hydrogen-bond acceptors (Lipinski definition) is 8. The van der Waals surface area contributed by atoms with Gasteiger partial charge in [-0.15, -0.1) is 0 Å². The lowest BCUT2D eigenvalue weighted by molar-refractivity contribution is -0.143. The number of pyridine rings is 1. The van der Waals surface area contributed by atoms with Crippen LogP contribution >= 0.6 is 11.6 Å². The summed E-state index contributed by atoms with van der Waals surface area (Å²) in [5, 5.41) is 23.2. The van der Waals surface area contributed by atoms with Crippen molar-refractivity contribution in [2.75, 3.05) is 20.8 Å². The van der Waals surface area contributed by atoms with Crippen LogP contribution < -0.4 is 14.8 Å². The Balaban J connectivity index is 1.24. The monoisotopic (exact) mass is 752 g/mol. The maximum atomic E-state index is 14.4. The molecule has 2 aromatic heterocycles. The number of methoxy groups -OCH3 is 2. The van der Waals surface area contributed by atoms with Crippen LogP contribution in [0.4, 0.5) is 13.2 Å². The van der Waals surface area contributed by atoms with Crippen molar-refractivity contribution >= 4 is 17.6 Å². The first kappa shape index (κ1) is 38.5. The van der Waals surface area contributed by atoms with Crippen LogP contribution in [0.1, 0.15) is 79.2 Å². The highest BCUT2D eigenvalue weighted by Crippen LogP contribution is 2.45. The molecule has 6 rings (SSSR count). The molecule has 1 fully saturated rings. The summed E-state index contributed by atoms with van der Waals surface area (Å²) in [5.41, 5.74) is 4.06. The van der Waals surface area contributed by atoms with Gasteiger partial charge in [-0.3, -0.25) is 4.79 Å². The molecule has 0 aliphatic heterocycles. The summed E-state index contributed by atoms with van der Waals surface area (Å²) in [6.45, 7) is 4.72. The van der Waals surface area contributed by atoms with Crippen molar-refractivity contribution in [3.8, 4) is 34.1 Å². The molecule has 53 heavy (non-hydrogen) atoms. The molecule has 0 spiro atoms. The predicted octanol–water partition coefficient (Wildman–Crippen LogP) is 8.07. The van der Waals surface area contributed by atoms with E-state index in [2.05, 4.69) is 15.3 Å². The van der Waals surface area contributed by atoms with E-state index in [0.29, 0.717) is 41.9 Å². The van der Waals surface area contributed by atoms with Gasteiger partial charge in [0.25, 0.3) is 0 Å². The minimum Gasteiger partial charge on any atom is -0.481 e. The van der Waals surface area contributed by atoms with E-state index >= 15 is 0 Å². The van der Waals surface area contributed by atoms with Crippen LogP contribution in [0.3, 0.4) is 0 Å². The molecule has 2 aliphatic carbocycles. The molecule has 0 saturated heterocycles. The van der Waals surface area contributed by atoms with Gasteiger partial charge < -0.3 is 25.0 Å². The van der Waals surface area contributed by atoms with Gasteiger partial charge in [0, 0.05) is 23.2 Å². The third kappa shape index (κ3) is 8.45. The molecule has 0 bridgehead atoms. The Morgan fingerprint density at radius 1 is 1.00 bits per heavy atom. The highest BCUT2D eigenvalue weighted by Gasteiger charge is 2.40. The average Bonchev–Trinajstić information content (AvgIpc) is 3.52. The lowest BCUT2D eigenvalue weighted by Crippen LogP contribution is -2.44. The van der Waals surface area contributed by atoms with E-state index in [1.54, 1.807) is 7.11 Å². The molecule has 4 aromatic rings. The number of hydrogen-bond donors (Lipinski definition) is 3. The Morgan fingerprint density at radius 2 is 1.70 bits per heavy atom. The molecule has 2 atom stereocenters. The first-order chi connectivity index (χ1) is 25.2. The molecule has 2 aromatic carbocycles. The zero-order chi connectivity index (χ0) is 38.1. The number of halogens is 4. The molecular weight excluding hydrogens is 709 g/mol. The van der Waals surface area contributed by atoms with Gasteiger partial charge in [-0.25, -0.2) is 15.0 Å². The van der Waals surface area contributed by atoms with Gasteiger partial charge >= 0.3 is 12.1 Å². The van der Waals surface area contributed by atoms with Crippen LogP contribution in [0.15, 0.2) is 48.5 Å². The fourth-order valence-electron chi connectivity index (χ4n) is 7.71. The summed E-state index contributed by atoms with van der Waals surface area (Å²) in [6.07, 6.45) is -1.87. The number of aliphatic carboxylic acids is 1. The minimum atomic E-state index is -4.76. The molecule has 9 nitrogen and oxygen atoms in total. The second kappa shape index (κ2) is 15.6. The van der Waals surface area contributed by atoms with Crippen molar-refractivity contribution in [3.05, 3.63) is 87.3 Å². The molecule has 2 aliphatic rings.